The zero-order valence-corrected chi connectivity index (χ0v) is 12.4. The zero-order valence-electron chi connectivity index (χ0n) is 12.4. The number of anilines is 1. The van der Waals surface area contributed by atoms with E-state index in [9.17, 15) is 9.18 Å². The van der Waals surface area contributed by atoms with Crippen molar-refractivity contribution in [2.45, 2.75) is 20.3 Å². The molecule has 0 spiro atoms. The molecule has 1 amide bonds. The highest BCUT2D eigenvalue weighted by Gasteiger charge is 2.19. The Hall–Kier alpha value is -1.62. The van der Waals surface area contributed by atoms with Crippen LogP contribution in [0.3, 0.4) is 0 Å². The predicted octanol–water partition coefficient (Wildman–Crippen LogP) is 2.76. The third-order valence-electron chi connectivity index (χ3n) is 3.03. The smallest absolute Gasteiger partial charge is 0.256 e. The summed E-state index contributed by atoms with van der Waals surface area (Å²) < 4.78 is 18.9. The lowest BCUT2D eigenvalue weighted by atomic mass is 10.1. The van der Waals surface area contributed by atoms with Crippen molar-refractivity contribution in [1.29, 1.82) is 0 Å². The summed E-state index contributed by atoms with van der Waals surface area (Å²) in [5, 5.41) is 2.99. The van der Waals surface area contributed by atoms with Gasteiger partial charge in [-0.1, -0.05) is 13.0 Å². The van der Waals surface area contributed by atoms with Gasteiger partial charge in [0.25, 0.3) is 5.91 Å². The number of carbonyl (C=O) groups is 1. The summed E-state index contributed by atoms with van der Waals surface area (Å²) in [6.07, 6.45) is 0.864. The fourth-order valence-electron chi connectivity index (χ4n) is 1.91. The molecule has 5 heteroatoms. The summed E-state index contributed by atoms with van der Waals surface area (Å²) in [4.78, 5) is 14.1. The minimum Gasteiger partial charge on any atom is -0.383 e. The molecule has 4 nitrogen and oxygen atoms in total. The maximum absolute atomic E-state index is 13.9. The number of para-hydroxylation sites is 1. The monoisotopic (exact) mass is 282 g/mol. The van der Waals surface area contributed by atoms with Gasteiger partial charge in [0.15, 0.2) is 0 Å². The average Bonchev–Trinajstić information content (AvgIpc) is 2.46. The van der Waals surface area contributed by atoms with Crippen molar-refractivity contribution in [3.8, 4) is 0 Å². The van der Waals surface area contributed by atoms with Crippen LogP contribution in [-0.2, 0) is 4.74 Å². The first-order valence-corrected chi connectivity index (χ1v) is 6.96. The molecule has 0 fully saturated rings. The molecule has 0 aromatic heterocycles. The van der Waals surface area contributed by atoms with Gasteiger partial charge in [0.05, 0.1) is 17.9 Å². The molecule has 1 aromatic carbocycles. The van der Waals surface area contributed by atoms with Crippen molar-refractivity contribution in [2.75, 3.05) is 38.7 Å². The van der Waals surface area contributed by atoms with Gasteiger partial charge < -0.3 is 15.0 Å². The average molecular weight is 282 g/mol. The molecule has 1 N–H and O–H groups in total. The molecule has 0 saturated carbocycles. The molecule has 0 bridgehead atoms. The highest BCUT2D eigenvalue weighted by atomic mass is 19.1. The summed E-state index contributed by atoms with van der Waals surface area (Å²) in [7, 11) is 1.59. The van der Waals surface area contributed by atoms with Crippen LogP contribution in [0.4, 0.5) is 10.1 Å². The second kappa shape index (κ2) is 8.53. The molecule has 0 aliphatic carbocycles. The number of methoxy groups -OCH3 is 1. The molecule has 1 rings (SSSR count). The summed E-state index contributed by atoms with van der Waals surface area (Å²) in [5.41, 5.74) is 0.659. The van der Waals surface area contributed by atoms with E-state index in [1.54, 1.807) is 24.1 Å². The van der Waals surface area contributed by atoms with E-state index in [0.717, 1.165) is 6.42 Å². The van der Waals surface area contributed by atoms with Gasteiger partial charge in [-0.15, -0.1) is 0 Å². The normalized spacial score (nSPS) is 10.4. The molecular formula is C15H23FN2O2. The molecule has 112 valence electrons. The van der Waals surface area contributed by atoms with E-state index >= 15 is 0 Å². The molecule has 0 atom stereocenters. The highest BCUT2D eigenvalue weighted by molar-refractivity contribution is 5.99. The Morgan fingerprint density at radius 1 is 1.40 bits per heavy atom. The van der Waals surface area contributed by atoms with Crippen LogP contribution in [0.2, 0.25) is 0 Å². The molecule has 0 unspecified atom stereocenters. The lowest BCUT2D eigenvalue weighted by Crippen LogP contribution is -2.34. The van der Waals surface area contributed by atoms with Crippen molar-refractivity contribution in [2.24, 2.45) is 0 Å². The van der Waals surface area contributed by atoms with Gasteiger partial charge in [0.2, 0.25) is 0 Å². The number of amides is 1. The molecular weight excluding hydrogens is 259 g/mol. The number of carbonyl (C=O) groups excluding carboxylic acids is 1. The van der Waals surface area contributed by atoms with Crippen LogP contribution in [0.15, 0.2) is 18.2 Å². The fourth-order valence-corrected chi connectivity index (χ4v) is 1.91. The Labute approximate surface area is 119 Å². The van der Waals surface area contributed by atoms with Crippen molar-refractivity contribution < 1.29 is 13.9 Å². The Kier molecular flexibility index (Phi) is 7.01. The highest BCUT2D eigenvalue weighted by Crippen LogP contribution is 2.21. The Balaban J connectivity index is 2.98. The molecule has 0 aliphatic heterocycles. The first kappa shape index (κ1) is 16.4. The molecule has 1 aromatic rings. The number of hydrogen-bond acceptors (Lipinski definition) is 3. The molecule has 0 radical (unpaired) electrons. The zero-order chi connectivity index (χ0) is 15.0. The third-order valence-corrected chi connectivity index (χ3v) is 3.03. The number of halogens is 1. The van der Waals surface area contributed by atoms with Gasteiger partial charge >= 0.3 is 0 Å². The predicted molar refractivity (Wildman–Crippen MR) is 78.6 cm³/mol. The van der Waals surface area contributed by atoms with E-state index in [2.05, 4.69) is 5.32 Å². The van der Waals surface area contributed by atoms with E-state index in [1.165, 1.54) is 6.07 Å². The van der Waals surface area contributed by atoms with Crippen molar-refractivity contribution in [1.82, 2.24) is 4.90 Å². The van der Waals surface area contributed by atoms with Crippen LogP contribution in [-0.4, -0.2) is 44.2 Å². The van der Waals surface area contributed by atoms with Crippen LogP contribution >= 0.6 is 0 Å². The Bertz CT molecular complexity index is 438. The quantitative estimate of drug-likeness (QED) is 0.797. The van der Waals surface area contributed by atoms with E-state index < -0.39 is 5.82 Å². The van der Waals surface area contributed by atoms with Gasteiger partial charge in [-0.3, -0.25) is 4.79 Å². The first-order chi connectivity index (χ1) is 9.65. The van der Waals surface area contributed by atoms with Crippen molar-refractivity contribution >= 4 is 11.6 Å². The third kappa shape index (κ3) is 4.20. The van der Waals surface area contributed by atoms with Crippen LogP contribution < -0.4 is 5.32 Å². The molecule has 20 heavy (non-hydrogen) atoms. The SMILES string of the molecule is CCCNc1c(F)cccc1C(=O)N(CC)CCOC. The maximum Gasteiger partial charge on any atom is 0.256 e. The van der Waals surface area contributed by atoms with Crippen LogP contribution in [0.5, 0.6) is 0 Å². The van der Waals surface area contributed by atoms with Crippen LogP contribution in [0.1, 0.15) is 30.6 Å². The van der Waals surface area contributed by atoms with Gasteiger partial charge in [0.1, 0.15) is 5.82 Å². The maximum atomic E-state index is 13.9. The largest absolute Gasteiger partial charge is 0.383 e. The van der Waals surface area contributed by atoms with Crippen LogP contribution in [0, 0.1) is 5.82 Å². The number of nitrogens with zero attached hydrogens (tertiary/aromatic N) is 1. The number of rotatable bonds is 8. The fraction of sp³-hybridized carbons (Fsp3) is 0.533. The number of nitrogens with one attached hydrogen (secondary N) is 1. The lowest BCUT2D eigenvalue weighted by molar-refractivity contribution is 0.0707. The molecule has 0 heterocycles. The summed E-state index contributed by atoms with van der Waals surface area (Å²) in [6.45, 7) is 6.04. The van der Waals surface area contributed by atoms with Crippen LogP contribution in [0.25, 0.3) is 0 Å². The first-order valence-electron chi connectivity index (χ1n) is 6.96. The van der Waals surface area contributed by atoms with E-state index in [4.69, 9.17) is 4.74 Å². The number of likely N-dealkylation sites (N-methyl/N-ethyl adjacent to an activating group) is 1. The number of benzene rings is 1. The van der Waals surface area contributed by atoms with Gasteiger partial charge in [0, 0.05) is 26.7 Å². The van der Waals surface area contributed by atoms with E-state index in [-0.39, 0.29) is 11.6 Å². The molecule has 0 aliphatic rings. The minimum absolute atomic E-state index is 0.178. The second-order valence-corrected chi connectivity index (χ2v) is 4.47. The van der Waals surface area contributed by atoms with Gasteiger partial charge in [-0.2, -0.15) is 0 Å². The number of hydrogen-bond donors (Lipinski definition) is 1. The summed E-state index contributed by atoms with van der Waals surface area (Å²) in [5.74, 6) is -0.574. The minimum atomic E-state index is -0.396. The molecule has 0 saturated heterocycles. The Morgan fingerprint density at radius 2 is 2.15 bits per heavy atom. The van der Waals surface area contributed by atoms with Gasteiger partial charge in [-0.05, 0) is 25.5 Å². The van der Waals surface area contributed by atoms with Gasteiger partial charge in [-0.25, -0.2) is 4.39 Å². The standard InChI is InChI=1S/C15H23FN2O2/c1-4-9-17-14-12(7-6-8-13(14)16)15(19)18(5-2)10-11-20-3/h6-8,17H,4-5,9-11H2,1-3H3. The summed E-state index contributed by atoms with van der Waals surface area (Å²) >= 11 is 0. The second-order valence-electron chi connectivity index (χ2n) is 4.47. The van der Waals surface area contributed by atoms with E-state index in [0.29, 0.717) is 31.8 Å². The lowest BCUT2D eigenvalue weighted by Gasteiger charge is -2.22. The number of ether oxygens (including phenoxy) is 1. The van der Waals surface area contributed by atoms with E-state index in [1.807, 2.05) is 13.8 Å². The van der Waals surface area contributed by atoms with Crippen molar-refractivity contribution in [3.05, 3.63) is 29.6 Å². The summed E-state index contributed by atoms with van der Waals surface area (Å²) in [6, 6.07) is 4.57. The van der Waals surface area contributed by atoms with Crippen molar-refractivity contribution in [3.63, 3.8) is 0 Å². The topological polar surface area (TPSA) is 41.6 Å². The Morgan fingerprint density at radius 3 is 2.75 bits per heavy atom.